The Bertz CT molecular complexity index is 1500. The number of halogens is 2. The molecule has 37 heavy (non-hydrogen) atoms. The lowest BCUT2D eigenvalue weighted by atomic mass is 9.98. The predicted octanol–water partition coefficient (Wildman–Crippen LogP) is 4.80. The van der Waals surface area contributed by atoms with Crippen LogP contribution in [0.3, 0.4) is 0 Å². The number of ether oxygens (including phenoxy) is 2. The zero-order valence-corrected chi connectivity index (χ0v) is 21.9. The highest BCUT2D eigenvalue weighted by atomic mass is 35.5. The van der Waals surface area contributed by atoms with Gasteiger partial charge >= 0.3 is 0 Å². The first kappa shape index (κ1) is 26.4. The maximum absolute atomic E-state index is 15.4. The van der Waals surface area contributed by atoms with Gasteiger partial charge in [-0.05, 0) is 67.4 Å². The number of piperidine rings is 1. The standard InChI is InChI=1S/C28H29FN4O3.ClH/c1-32-17-24(20-13-25(29)22(26(14-20)36-3)12-18-8-10-30-11-9-18)23-15-31-33(27(23)28(32)34)16-19-4-6-21(35-2)7-5-19;/h4-7,12-15,17,30H,8-11,16H2,1-3H3;1H. The third-order valence-corrected chi connectivity index (χ3v) is 6.68. The molecule has 0 radical (unpaired) electrons. The molecule has 1 N–H and O–H groups in total. The van der Waals surface area contributed by atoms with Gasteiger partial charge in [0.15, 0.2) is 0 Å². The average molecular weight is 525 g/mol. The number of aryl methyl sites for hydroxylation is 1. The molecule has 1 aliphatic rings. The van der Waals surface area contributed by atoms with Crippen LogP contribution in [0.1, 0.15) is 24.0 Å². The third kappa shape index (κ3) is 5.26. The zero-order valence-electron chi connectivity index (χ0n) is 21.1. The van der Waals surface area contributed by atoms with Crippen LogP contribution < -0.4 is 20.3 Å². The second kappa shape index (κ2) is 11.2. The number of hydrogen-bond donors (Lipinski definition) is 1. The largest absolute Gasteiger partial charge is 0.497 e. The highest BCUT2D eigenvalue weighted by Crippen LogP contribution is 2.35. The molecule has 0 atom stereocenters. The van der Waals surface area contributed by atoms with E-state index < -0.39 is 0 Å². The van der Waals surface area contributed by atoms with Gasteiger partial charge in [0.1, 0.15) is 22.8 Å². The summed E-state index contributed by atoms with van der Waals surface area (Å²) in [4.78, 5) is 13.1. The molecule has 0 bridgehead atoms. The molecule has 0 unspecified atom stereocenters. The van der Waals surface area contributed by atoms with Crippen LogP contribution in [0.5, 0.6) is 11.5 Å². The van der Waals surface area contributed by atoms with Gasteiger partial charge in [-0.3, -0.25) is 9.48 Å². The van der Waals surface area contributed by atoms with Crippen molar-refractivity contribution in [2.45, 2.75) is 19.4 Å². The van der Waals surface area contributed by atoms with Crippen molar-refractivity contribution in [1.82, 2.24) is 19.7 Å². The van der Waals surface area contributed by atoms with E-state index in [4.69, 9.17) is 9.47 Å². The molecular weight excluding hydrogens is 495 g/mol. The van der Waals surface area contributed by atoms with Crippen molar-refractivity contribution >= 4 is 29.4 Å². The summed E-state index contributed by atoms with van der Waals surface area (Å²) in [5.74, 6) is 0.865. The molecule has 0 saturated carbocycles. The Morgan fingerprint density at radius 2 is 1.84 bits per heavy atom. The fourth-order valence-electron chi connectivity index (χ4n) is 4.70. The summed E-state index contributed by atoms with van der Waals surface area (Å²) >= 11 is 0. The van der Waals surface area contributed by atoms with Gasteiger partial charge in [0.2, 0.25) is 0 Å². The Kier molecular flexibility index (Phi) is 8.00. The number of fused-ring (bicyclic) bond motifs is 1. The second-order valence-corrected chi connectivity index (χ2v) is 9.00. The minimum absolute atomic E-state index is 0. The van der Waals surface area contributed by atoms with E-state index in [1.54, 1.807) is 38.3 Å². The lowest BCUT2D eigenvalue weighted by molar-refractivity contribution is 0.410. The first-order valence-corrected chi connectivity index (χ1v) is 11.9. The lowest BCUT2D eigenvalue weighted by Gasteiger charge is -2.17. The maximum atomic E-state index is 15.4. The van der Waals surface area contributed by atoms with E-state index in [1.807, 2.05) is 36.4 Å². The predicted molar refractivity (Wildman–Crippen MR) is 146 cm³/mol. The minimum Gasteiger partial charge on any atom is -0.497 e. The molecule has 0 amide bonds. The van der Waals surface area contributed by atoms with Crippen LogP contribution in [-0.2, 0) is 13.6 Å². The summed E-state index contributed by atoms with van der Waals surface area (Å²) in [6.45, 7) is 2.21. The Balaban J connectivity index is 0.00000320. The zero-order chi connectivity index (χ0) is 25.2. The average Bonchev–Trinajstić information content (AvgIpc) is 3.32. The van der Waals surface area contributed by atoms with Crippen LogP contribution in [0.2, 0.25) is 0 Å². The second-order valence-electron chi connectivity index (χ2n) is 9.00. The number of pyridine rings is 1. The molecule has 9 heteroatoms. The summed E-state index contributed by atoms with van der Waals surface area (Å²) in [5, 5.41) is 8.49. The van der Waals surface area contributed by atoms with Crippen LogP contribution in [0.4, 0.5) is 4.39 Å². The van der Waals surface area contributed by atoms with Gasteiger partial charge in [-0.15, -0.1) is 12.4 Å². The van der Waals surface area contributed by atoms with Crippen molar-refractivity contribution in [1.29, 1.82) is 0 Å². The number of benzene rings is 2. The van der Waals surface area contributed by atoms with Gasteiger partial charge in [0, 0.05) is 24.2 Å². The van der Waals surface area contributed by atoms with Crippen molar-refractivity contribution in [3.05, 3.63) is 81.7 Å². The van der Waals surface area contributed by atoms with Crippen LogP contribution >= 0.6 is 12.4 Å². The highest BCUT2D eigenvalue weighted by Gasteiger charge is 2.18. The van der Waals surface area contributed by atoms with Gasteiger partial charge < -0.3 is 19.4 Å². The Morgan fingerprint density at radius 3 is 2.51 bits per heavy atom. The van der Waals surface area contributed by atoms with E-state index >= 15 is 4.39 Å². The number of nitrogens with zero attached hydrogens (tertiary/aromatic N) is 3. The minimum atomic E-state index is -0.358. The van der Waals surface area contributed by atoms with Crippen molar-refractivity contribution in [2.75, 3.05) is 27.3 Å². The Morgan fingerprint density at radius 1 is 1.11 bits per heavy atom. The van der Waals surface area contributed by atoms with E-state index in [2.05, 4.69) is 10.4 Å². The van der Waals surface area contributed by atoms with Gasteiger partial charge in [-0.1, -0.05) is 17.7 Å². The molecule has 3 heterocycles. The number of methoxy groups -OCH3 is 2. The fourth-order valence-corrected chi connectivity index (χ4v) is 4.70. The lowest BCUT2D eigenvalue weighted by Crippen LogP contribution is -2.23. The molecule has 0 spiro atoms. The Hall–Kier alpha value is -3.62. The molecule has 0 aliphatic carbocycles. The van der Waals surface area contributed by atoms with Crippen molar-refractivity contribution in [3.63, 3.8) is 0 Å². The quantitative estimate of drug-likeness (QED) is 0.392. The summed E-state index contributed by atoms with van der Waals surface area (Å²) in [6, 6.07) is 11.0. The molecule has 2 aromatic carbocycles. The first-order valence-electron chi connectivity index (χ1n) is 11.9. The van der Waals surface area contributed by atoms with Gasteiger partial charge in [0.05, 0.1) is 32.5 Å². The molecule has 4 aromatic rings. The van der Waals surface area contributed by atoms with Crippen LogP contribution in [-0.4, -0.2) is 41.7 Å². The normalized spacial score (nSPS) is 13.4. The van der Waals surface area contributed by atoms with E-state index in [1.165, 1.54) is 16.2 Å². The molecule has 1 fully saturated rings. The number of hydrogen-bond acceptors (Lipinski definition) is 5. The van der Waals surface area contributed by atoms with Gasteiger partial charge in [0.25, 0.3) is 5.56 Å². The Labute approximate surface area is 220 Å². The molecule has 2 aromatic heterocycles. The van der Waals surface area contributed by atoms with Crippen LogP contribution in [0, 0.1) is 5.82 Å². The SMILES string of the molecule is COc1ccc(Cn2ncc3c(-c4cc(F)c(C=C5CCNCC5)c(OC)c4)cn(C)c(=O)c32)cc1.Cl. The van der Waals surface area contributed by atoms with Crippen molar-refractivity contribution < 1.29 is 13.9 Å². The topological polar surface area (TPSA) is 70.3 Å². The first-order chi connectivity index (χ1) is 17.5. The third-order valence-electron chi connectivity index (χ3n) is 6.68. The molecule has 1 saturated heterocycles. The molecule has 1 aliphatic heterocycles. The maximum Gasteiger partial charge on any atom is 0.276 e. The van der Waals surface area contributed by atoms with E-state index in [0.29, 0.717) is 39.9 Å². The molecule has 5 rings (SSSR count). The van der Waals surface area contributed by atoms with Crippen molar-refractivity contribution in [2.24, 2.45) is 7.05 Å². The number of nitrogens with one attached hydrogen (secondary N) is 1. The summed E-state index contributed by atoms with van der Waals surface area (Å²) < 4.78 is 29.5. The monoisotopic (exact) mass is 524 g/mol. The van der Waals surface area contributed by atoms with E-state index in [0.717, 1.165) is 37.2 Å². The summed E-state index contributed by atoms with van der Waals surface area (Å²) in [5.41, 5.74) is 4.27. The van der Waals surface area contributed by atoms with E-state index in [9.17, 15) is 4.79 Å². The van der Waals surface area contributed by atoms with Gasteiger partial charge in [-0.25, -0.2) is 4.39 Å². The summed E-state index contributed by atoms with van der Waals surface area (Å²) in [6.07, 6.45) is 7.08. The van der Waals surface area contributed by atoms with E-state index in [-0.39, 0.29) is 23.8 Å². The fraction of sp³-hybridized carbons (Fsp3) is 0.286. The van der Waals surface area contributed by atoms with Crippen molar-refractivity contribution in [3.8, 4) is 22.6 Å². The molecular formula is C28H30ClFN4O3. The van der Waals surface area contributed by atoms with Crippen LogP contribution in [0.15, 0.2) is 59.2 Å². The smallest absolute Gasteiger partial charge is 0.276 e. The van der Waals surface area contributed by atoms with Gasteiger partial charge in [-0.2, -0.15) is 5.10 Å². The van der Waals surface area contributed by atoms with Crippen LogP contribution in [0.25, 0.3) is 28.1 Å². The number of aromatic nitrogens is 3. The molecule has 194 valence electrons. The summed E-state index contributed by atoms with van der Waals surface area (Å²) in [7, 11) is 4.86. The molecule has 7 nitrogen and oxygen atoms in total. The number of rotatable bonds is 6. The highest BCUT2D eigenvalue weighted by molar-refractivity contribution is 5.94.